The highest BCUT2D eigenvalue weighted by Gasteiger charge is 2.13. The van der Waals surface area contributed by atoms with Crippen LogP contribution in [0.3, 0.4) is 0 Å². The maximum absolute atomic E-state index is 5.88. The normalized spacial score (nSPS) is 21.9. The van der Waals surface area contributed by atoms with Crippen LogP contribution in [-0.2, 0) is 0 Å². The molecular weight excluding hydrogens is 196 g/mol. The first kappa shape index (κ1) is 9.66. The van der Waals surface area contributed by atoms with Crippen molar-refractivity contribution in [2.45, 2.75) is 19.8 Å². The van der Waals surface area contributed by atoms with Crippen molar-refractivity contribution in [2.75, 3.05) is 6.54 Å². The fourth-order valence-electron chi connectivity index (χ4n) is 1.62. The number of aliphatic imine (C=N–C) groups is 1. The molecule has 0 N–H and O–H groups in total. The van der Waals surface area contributed by atoms with E-state index in [-0.39, 0.29) is 0 Å². The standard InChI is InChI=1S/C11H13ClN2/c1-8-2-3-11(14-5-8)9-4-10(12)7-13-6-9/h4,6-8H,2-3,5H2,1H3/t8-/m0/s1. The van der Waals surface area contributed by atoms with Crippen LogP contribution in [0.4, 0.5) is 0 Å². The summed E-state index contributed by atoms with van der Waals surface area (Å²) in [4.78, 5) is 8.61. The summed E-state index contributed by atoms with van der Waals surface area (Å²) in [5, 5.41) is 0.684. The average molecular weight is 209 g/mol. The maximum atomic E-state index is 5.88. The SMILES string of the molecule is C[C@H]1CCC(c2cncc(Cl)c2)=NC1. The smallest absolute Gasteiger partial charge is 0.0595 e. The lowest BCUT2D eigenvalue weighted by Gasteiger charge is -2.17. The lowest BCUT2D eigenvalue weighted by atomic mass is 9.97. The van der Waals surface area contributed by atoms with E-state index in [2.05, 4.69) is 16.9 Å². The zero-order valence-corrected chi connectivity index (χ0v) is 8.96. The van der Waals surface area contributed by atoms with E-state index in [9.17, 15) is 0 Å². The monoisotopic (exact) mass is 208 g/mol. The average Bonchev–Trinajstić information content (AvgIpc) is 2.19. The Labute approximate surface area is 89.0 Å². The van der Waals surface area contributed by atoms with Gasteiger partial charge in [0.15, 0.2) is 0 Å². The Bertz CT molecular complexity index is 360. The van der Waals surface area contributed by atoms with E-state index in [0.717, 1.165) is 24.2 Å². The molecule has 2 rings (SSSR count). The van der Waals surface area contributed by atoms with E-state index < -0.39 is 0 Å². The van der Waals surface area contributed by atoms with Crippen molar-refractivity contribution >= 4 is 17.3 Å². The molecular formula is C11H13ClN2. The molecule has 1 aliphatic heterocycles. The van der Waals surface area contributed by atoms with Crippen molar-refractivity contribution in [1.82, 2.24) is 4.98 Å². The number of pyridine rings is 1. The minimum absolute atomic E-state index is 0.684. The third-order valence-corrected chi connectivity index (χ3v) is 2.71. The number of hydrogen-bond donors (Lipinski definition) is 0. The van der Waals surface area contributed by atoms with Gasteiger partial charge in [-0.25, -0.2) is 0 Å². The molecule has 0 saturated carbocycles. The van der Waals surface area contributed by atoms with Gasteiger partial charge in [-0.05, 0) is 24.8 Å². The van der Waals surface area contributed by atoms with E-state index in [0.29, 0.717) is 10.9 Å². The van der Waals surface area contributed by atoms with Crippen LogP contribution in [0.15, 0.2) is 23.5 Å². The molecule has 2 heterocycles. The van der Waals surface area contributed by atoms with Crippen LogP contribution in [0.25, 0.3) is 0 Å². The van der Waals surface area contributed by atoms with E-state index in [1.165, 1.54) is 6.42 Å². The van der Waals surface area contributed by atoms with Gasteiger partial charge in [-0.1, -0.05) is 18.5 Å². The molecule has 1 aliphatic rings. The maximum Gasteiger partial charge on any atom is 0.0595 e. The molecule has 1 aromatic rings. The van der Waals surface area contributed by atoms with Gasteiger partial charge in [-0.2, -0.15) is 0 Å². The second kappa shape index (κ2) is 4.09. The second-order valence-electron chi connectivity index (χ2n) is 3.82. The number of aromatic nitrogens is 1. The topological polar surface area (TPSA) is 25.2 Å². The highest BCUT2D eigenvalue weighted by Crippen LogP contribution is 2.18. The molecule has 2 nitrogen and oxygen atoms in total. The molecule has 74 valence electrons. The Kier molecular flexibility index (Phi) is 2.82. The summed E-state index contributed by atoms with van der Waals surface area (Å²) in [6.45, 7) is 3.17. The third kappa shape index (κ3) is 2.13. The van der Waals surface area contributed by atoms with Crippen LogP contribution in [0.2, 0.25) is 5.02 Å². The van der Waals surface area contributed by atoms with Crippen molar-refractivity contribution in [3.8, 4) is 0 Å². The van der Waals surface area contributed by atoms with Crippen LogP contribution in [-0.4, -0.2) is 17.2 Å². The van der Waals surface area contributed by atoms with Gasteiger partial charge in [0, 0.05) is 30.2 Å². The van der Waals surface area contributed by atoms with Crippen molar-refractivity contribution in [3.63, 3.8) is 0 Å². The summed E-state index contributed by atoms with van der Waals surface area (Å²) in [7, 11) is 0. The van der Waals surface area contributed by atoms with Gasteiger partial charge in [-0.3, -0.25) is 9.98 Å². The Morgan fingerprint density at radius 1 is 1.43 bits per heavy atom. The lowest BCUT2D eigenvalue weighted by molar-refractivity contribution is 0.538. The molecule has 0 aromatic carbocycles. The van der Waals surface area contributed by atoms with E-state index in [1.54, 1.807) is 6.20 Å². The molecule has 1 atom stereocenters. The Hall–Kier alpha value is -0.890. The Morgan fingerprint density at radius 3 is 2.93 bits per heavy atom. The molecule has 0 fully saturated rings. The number of rotatable bonds is 1. The van der Waals surface area contributed by atoms with Crippen LogP contribution in [0.1, 0.15) is 25.3 Å². The van der Waals surface area contributed by atoms with Crippen LogP contribution < -0.4 is 0 Å². The van der Waals surface area contributed by atoms with Gasteiger partial charge in [0.05, 0.1) is 5.02 Å². The fraction of sp³-hybridized carbons (Fsp3) is 0.455. The van der Waals surface area contributed by atoms with E-state index >= 15 is 0 Å². The minimum atomic E-state index is 0.684. The first-order chi connectivity index (χ1) is 6.75. The molecule has 0 spiro atoms. The fourth-order valence-corrected chi connectivity index (χ4v) is 1.80. The Balaban J connectivity index is 2.23. The van der Waals surface area contributed by atoms with Gasteiger partial charge in [0.1, 0.15) is 0 Å². The minimum Gasteiger partial charge on any atom is -0.289 e. The predicted octanol–water partition coefficient (Wildman–Crippen LogP) is 2.95. The largest absolute Gasteiger partial charge is 0.289 e. The van der Waals surface area contributed by atoms with Crippen molar-refractivity contribution in [3.05, 3.63) is 29.0 Å². The van der Waals surface area contributed by atoms with Crippen molar-refractivity contribution < 1.29 is 0 Å². The molecule has 3 heteroatoms. The molecule has 1 aromatic heterocycles. The van der Waals surface area contributed by atoms with Gasteiger partial charge in [0.25, 0.3) is 0 Å². The molecule has 0 bridgehead atoms. The van der Waals surface area contributed by atoms with Crippen LogP contribution in [0.5, 0.6) is 0 Å². The zero-order chi connectivity index (χ0) is 9.97. The summed E-state index contributed by atoms with van der Waals surface area (Å²) in [6.07, 6.45) is 5.74. The summed E-state index contributed by atoms with van der Waals surface area (Å²) >= 11 is 5.88. The summed E-state index contributed by atoms with van der Waals surface area (Å²) < 4.78 is 0. The van der Waals surface area contributed by atoms with E-state index in [1.807, 2.05) is 12.3 Å². The van der Waals surface area contributed by atoms with E-state index in [4.69, 9.17) is 11.6 Å². The second-order valence-corrected chi connectivity index (χ2v) is 4.26. The molecule has 14 heavy (non-hydrogen) atoms. The molecule has 0 aliphatic carbocycles. The predicted molar refractivity (Wildman–Crippen MR) is 59.0 cm³/mol. The van der Waals surface area contributed by atoms with Crippen LogP contribution >= 0.6 is 11.6 Å². The summed E-state index contributed by atoms with van der Waals surface area (Å²) in [5.74, 6) is 0.714. The number of hydrogen-bond acceptors (Lipinski definition) is 2. The lowest BCUT2D eigenvalue weighted by Crippen LogP contribution is -2.14. The number of nitrogens with zero attached hydrogens (tertiary/aromatic N) is 2. The van der Waals surface area contributed by atoms with Crippen molar-refractivity contribution in [1.29, 1.82) is 0 Å². The zero-order valence-electron chi connectivity index (χ0n) is 8.20. The summed E-state index contributed by atoms with van der Waals surface area (Å²) in [5.41, 5.74) is 2.22. The van der Waals surface area contributed by atoms with Crippen molar-refractivity contribution in [2.24, 2.45) is 10.9 Å². The molecule has 0 amide bonds. The van der Waals surface area contributed by atoms with Gasteiger partial charge in [0.2, 0.25) is 0 Å². The molecule has 0 unspecified atom stereocenters. The molecule has 0 radical (unpaired) electrons. The van der Waals surface area contributed by atoms with Gasteiger partial charge < -0.3 is 0 Å². The highest BCUT2D eigenvalue weighted by molar-refractivity contribution is 6.30. The number of halogens is 1. The van der Waals surface area contributed by atoms with Gasteiger partial charge in [-0.15, -0.1) is 0 Å². The molecule has 0 saturated heterocycles. The van der Waals surface area contributed by atoms with Crippen LogP contribution in [0, 0.1) is 5.92 Å². The third-order valence-electron chi connectivity index (χ3n) is 2.51. The first-order valence-electron chi connectivity index (χ1n) is 4.90. The summed E-state index contributed by atoms with van der Waals surface area (Å²) in [6, 6.07) is 1.93. The Morgan fingerprint density at radius 2 is 2.29 bits per heavy atom. The quantitative estimate of drug-likeness (QED) is 0.697. The first-order valence-corrected chi connectivity index (χ1v) is 5.28. The highest BCUT2D eigenvalue weighted by atomic mass is 35.5. The van der Waals surface area contributed by atoms with Gasteiger partial charge >= 0.3 is 0 Å².